The number of halogens is 1. The molecule has 0 saturated carbocycles. The molecule has 94 valence electrons. The summed E-state index contributed by atoms with van der Waals surface area (Å²) in [4.78, 5) is 15.7. The van der Waals surface area contributed by atoms with Crippen LogP contribution in [0.2, 0.25) is 0 Å². The maximum atomic E-state index is 11.3. The first-order valence-corrected chi connectivity index (χ1v) is 6.57. The van der Waals surface area contributed by atoms with Gasteiger partial charge in [-0.05, 0) is 33.5 Å². The Hall–Kier alpha value is -0.130. The van der Waals surface area contributed by atoms with Crippen LogP contribution < -0.4 is 0 Å². The number of likely N-dealkylation sites (N-methyl/N-ethyl adjacent to an activating group) is 1. The average molecular weight is 293 g/mol. The molecule has 0 amide bonds. The van der Waals surface area contributed by atoms with Gasteiger partial charge in [0.05, 0.1) is 7.11 Å². The third-order valence-corrected chi connectivity index (χ3v) is 3.75. The van der Waals surface area contributed by atoms with E-state index in [9.17, 15) is 4.79 Å². The Bertz CT molecular complexity index is 236. The molecule has 0 spiro atoms. The molecule has 0 aromatic heterocycles. The Morgan fingerprint density at radius 2 is 2.31 bits per heavy atom. The molecule has 0 aliphatic carbocycles. The molecular weight excluding hydrogens is 272 g/mol. The first-order valence-electron chi connectivity index (χ1n) is 5.65. The van der Waals surface area contributed by atoms with E-state index in [0.717, 1.165) is 19.6 Å². The fourth-order valence-corrected chi connectivity index (χ4v) is 2.64. The summed E-state index contributed by atoms with van der Waals surface area (Å²) in [5.41, 5.74) is 0. The Morgan fingerprint density at radius 3 is 2.88 bits per heavy atom. The standard InChI is InChI=1S/C11H21BrN2O2/c1-13(2)9-5-4-6-14(7-9)8-10(12)11(15)16-3/h9-10H,4-8H2,1-3H3. The number of piperidine rings is 1. The number of rotatable bonds is 4. The van der Waals surface area contributed by atoms with E-state index in [2.05, 4.69) is 39.8 Å². The Balaban J connectivity index is 2.39. The number of ether oxygens (including phenoxy) is 1. The highest BCUT2D eigenvalue weighted by Gasteiger charge is 2.25. The van der Waals surface area contributed by atoms with Crippen molar-refractivity contribution in [3.05, 3.63) is 0 Å². The molecule has 5 heteroatoms. The minimum absolute atomic E-state index is 0.188. The summed E-state index contributed by atoms with van der Waals surface area (Å²) in [5.74, 6) is -0.188. The number of hydrogen-bond donors (Lipinski definition) is 0. The van der Waals surface area contributed by atoms with Gasteiger partial charge in [0.25, 0.3) is 0 Å². The summed E-state index contributed by atoms with van der Waals surface area (Å²) in [6.45, 7) is 2.84. The fraction of sp³-hybridized carbons (Fsp3) is 0.909. The fourth-order valence-electron chi connectivity index (χ4n) is 2.05. The van der Waals surface area contributed by atoms with Gasteiger partial charge in [0.1, 0.15) is 4.83 Å². The van der Waals surface area contributed by atoms with E-state index >= 15 is 0 Å². The summed E-state index contributed by atoms with van der Waals surface area (Å²) in [7, 11) is 5.65. The van der Waals surface area contributed by atoms with Gasteiger partial charge in [-0.25, -0.2) is 0 Å². The predicted octanol–water partition coefficient (Wildman–Crippen LogP) is 0.949. The Labute approximate surface area is 106 Å². The number of alkyl halides is 1. The van der Waals surface area contributed by atoms with Gasteiger partial charge in [0.2, 0.25) is 0 Å². The summed E-state index contributed by atoms with van der Waals surface area (Å²) < 4.78 is 4.70. The molecular formula is C11H21BrN2O2. The summed E-state index contributed by atoms with van der Waals surface area (Å²) in [6, 6.07) is 0.603. The van der Waals surface area contributed by atoms with Crippen molar-refractivity contribution >= 4 is 21.9 Å². The lowest BCUT2D eigenvalue weighted by Gasteiger charge is -2.36. The van der Waals surface area contributed by atoms with E-state index in [4.69, 9.17) is 4.74 Å². The van der Waals surface area contributed by atoms with Crippen molar-refractivity contribution in [2.45, 2.75) is 23.7 Å². The second kappa shape index (κ2) is 6.57. The van der Waals surface area contributed by atoms with E-state index in [-0.39, 0.29) is 10.8 Å². The summed E-state index contributed by atoms with van der Waals surface area (Å²) >= 11 is 3.37. The van der Waals surface area contributed by atoms with Crippen molar-refractivity contribution < 1.29 is 9.53 Å². The second-order valence-corrected chi connectivity index (χ2v) is 5.62. The van der Waals surface area contributed by atoms with Gasteiger partial charge in [0, 0.05) is 19.1 Å². The zero-order chi connectivity index (χ0) is 12.1. The van der Waals surface area contributed by atoms with Crippen LogP contribution >= 0.6 is 15.9 Å². The lowest BCUT2D eigenvalue weighted by atomic mass is 10.0. The van der Waals surface area contributed by atoms with Crippen LogP contribution in [-0.4, -0.2) is 67.5 Å². The molecule has 0 aromatic rings. The highest BCUT2D eigenvalue weighted by molar-refractivity contribution is 9.10. The minimum atomic E-state index is -0.210. The first kappa shape index (κ1) is 13.9. The molecule has 1 fully saturated rings. The Kier molecular flexibility index (Phi) is 5.72. The summed E-state index contributed by atoms with van der Waals surface area (Å²) in [5, 5.41) is 0. The van der Waals surface area contributed by atoms with E-state index in [1.54, 1.807) is 0 Å². The number of carbonyl (C=O) groups is 1. The molecule has 2 unspecified atom stereocenters. The number of nitrogens with zero attached hydrogens (tertiary/aromatic N) is 2. The molecule has 2 atom stereocenters. The third-order valence-electron chi connectivity index (χ3n) is 3.09. The van der Waals surface area contributed by atoms with Crippen molar-refractivity contribution in [1.29, 1.82) is 0 Å². The monoisotopic (exact) mass is 292 g/mol. The number of esters is 1. The van der Waals surface area contributed by atoms with Crippen LogP contribution in [0.3, 0.4) is 0 Å². The van der Waals surface area contributed by atoms with Crippen LogP contribution in [0.4, 0.5) is 0 Å². The molecule has 1 aliphatic rings. The highest BCUT2D eigenvalue weighted by atomic mass is 79.9. The van der Waals surface area contributed by atoms with Crippen LogP contribution in [0.25, 0.3) is 0 Å². The van der Waals surface area contributed by atoms with Crippen LogP contribution in [0.5, 0.6) is 0 Å². The van der Waals surface area contributed by atoms with E-state index in [1.807, 2.05) is 0 Å². The second-order valence-electron chi connectivity index (χ2n) is 4.51. The maximum absolute atomic E-state index is 11.3. The maximum Gasteiger partial charge on any atom is 0.320 e. The molecule has 0 radical (unpaired) electrons. The topological polar surface area (TPSA) is 32.8 Å². The zero-order valence-electron chi connectivity index (χ0n) is 10.3. The van der Waals surface area contributed by atoms with Crippen molar-refractivity contribution in [2.24, 2.45) is 0 Å². The molecule has 1 saturated heterocycles. The van der Waals surface area contributed by atoms with Crippen LogP contribution in [-0.2, 0) is 9.53 Å². The minimum Gasteiger partial charge on any atom is -0.468 e. The highest BCUT2D eigenvalue weighted by Crippen LogP contribution is 2.15. The number of likely N-dealkylation sites (tertiary alicyclic amines) is 1. The van der Waals surface area contributed by atoms with E-state index < -0.39 is 0 Å². The van der Waals surface area contributed by atoms with Gasteiger partial charge in [0.15, 0.2) is 0 Å². The van der Waals surface area contributed by atoms with Gasteiger partial charge in [-0.15, -0.1) is 0 Å². The third kappa shape index (κ3) is 4.03. The van der Waals surface area contributed by atoms with Gasteiger partial charge in [-0.1, -0.05) is 15.9 Å². The number of methoxy groups -OCH3 is 1. The summed E-state index contributed by atoms with van der Waals surface area (Å²) in [6.07, 6.45) is 2.44. The molecule has 1 aliphatic heterocycles. The molecule has 4 nitrogen and oxygen atoms in total. The zero-order valence-corrected chi connectivity index (χ0v) is 11.9. The quantitative estimate of drug-likeness (QED) is 0.571. The van der Waals surface area contributed by atoms with Gasteiger partial charge in [-0.3, -0.25) is 4.79 Å². The normalized spacial score (nSPS) is 24.4. The van der Waals surface area contributed by atoms with E-state index in [1.165, 1.54) is 20.0 Å². The van der Waals surface area contributed by atoms with Crippen LogP contribution in [0.1, 0.15) is 12.8 Å². The molecule has 0 N–H and O–H groups in total. The SMILES string of the molecule is COC(=O)C(Br)CN1CCCC(N(C)C)C1. The van der Waals surface area contributed by atoms with Crippen molar-refractivity contribution in [1.82, 2.24) is 9.80 Å². The molecule has 1 rings (SSSR count). The number of carbonyl (C=O) groups excluding carboxylic acids is 1. The van der Waals surface area contributed by atoms with Crippen molar-refractivity contribution in [3.63, 3.8) is 0 Å². The van der Waals surface area contributed by atoms with Crippen molar-refractivity contribution in [2.75, 3.05) is 40.8 Å². The molecule has 0 bridgehead atoms. The van der Waals surface area contributed by atoms with E-state index in [0.29, 0.717) is 6.04 Å². The molecule has 1 heterocycles. The van der Waals surface area contributed by atoms with Gasteiger partial charge in [-0.2, -0.15) is 0 Å². The lowest BCUT2D eigenvalue weighted by molar-refractivity contribution is -0.140. The van der Waals surface area contributed by atoms with Crippen LogP contribution in [0, 0.1) is 0 Å². The average Bonchev–Trinajstić information content (AvgIpc) is 2.28. The largest absolute Gasteiger partial charge is 0.468 e. The van der Waals surface area contributed by atoms with Gasteiger partial charge >= 0.3 is 5.97 Å². The Morgan fingerprint density at radius 1 is 1.62 bits per heavy atom. The molecule has 16 heavy (non-hydrogen) atoms. The van der Waals surface area contributed by atoms with Crippen molar-refractivity contribution in [3.8, 4) is 0 Å². The van der Waals surface area contributed by atoms with Gasteiger partial charge < -0.3 is 14.5 Å². The number of hydrogen-bond acceptors (Lipinski definition) is 4. The first-order chi connectivity index (χ1) is 7.54. The smallest absolute Gasteiger partial charge is 0.320 e. The van der Waals surface area contributed by atoms with Crippen LogP contribution in [0.15, 0.2) is 0 Å². The lowest BCUT2D eigenvalue weighted by Crippen LogP contribution is -2.47. The predicted molar refractivity (Wildman–Crippen MR) is 67.9 cm³/mol. The molecule has 0 aromatic carbocycles.